The van der Waals surface area contributed by atoms with Gasteiger partial charge in [-0.25, -0.2) is 9.97 Å². The van der Waals surface area contributed by atoms with Crippen molar-refractivity contribution in [2.45, 2.75) is 20.3 Å². The third-order valence-electron chi connectivity index (χ3n) is 4.95. The highest BCUT2D eigenvalue weighted by molar-refractivity contribution is 7.17. The second kappa shape index (κ2) is 6.53. The molecule has 2 saturated heterocycles. The van der Waals surface area contributed by atoms with E-state index in [1.165, 1.54) is 0 Å². The van der Waals surface area contributed by atoms with Crippen LogP contribution < -0.4 is 4.90 Å². The summed E-state index contributed by atoms with van der Waals surface area (Å²) in [5, 5.41) is 2.05. The van der Waals surface area contributed by atoms with Crippen LogP contribution in [-0.2, 0) is 9.53 Å². The molecule has 0 aromatic carbocycles. The number of nitrogens with zero attached hydrogens (tertiary/aromatic N) is 4. The molecule has 0 radical (unpaired) electrons. The quantitative estimate of drug-likeness (QED) is 0.841. The molecule has 134 valence electrons. The Bertz CT molecular complexity index is 777. The van der Waals surface area contributed by atoms with Crippen LogP contribution in [0.2, 0.25) is 0 Å². The van der Waals surface area contributed by atoms with E-state index in [1.807, 2.05) is 11.0 Å². The number of anilines is 1. The molecule has 4 heterocycles. The summed E-state index contributed by atoms with van der Waals surface area (Å²) < 4.78 is 7.03. The van der Waals surface area contributed by atoms with E-state index in [0.29, 0.717) is 25.6 Å². The molecule has 1 amide bonds. The van der Waals surface area contributed by atoms with Gasteiger partial charge in [-0.1, -0.05) is 13.8 Å². The third-order valence-corrected chi connectivity index (χ3v) is 5.85. The van der Waals surface area contributed by atoms with Gasteiger partial charge in [-0.2, -0.15) is 0 Å². The van der Waals surface area contributed by atoms with Crippen molar-refractivity contribution in [3.05, 3.63) is 17.8 Å². The van der Waals surface area contributed by atoms with Gasteiger partial charge in [0.1, 0.15) is 12.1 Å². The summed E-state index contributed by atoms with van der Waals surface area (Å²) >= 11 is 1.67. The maximum Gasteiger partial charge on any atom is 0.223 e. The number of ether oxygens (including phenoxy) is 1. The summed E-state index contributed by atoms with van der Waals surface area (Å²) in [6.45, 7) is 8.81. The van der Waals surface area contributed by atoms with E-state index in [1.54, 1.807) is 17.7 Å². The molecule has 2 aliphatic rings. The molecule has 2 fully saturated rings. The van der Waals surface area contributed by atoms with E-state index in [-0.39, 0.29) is 11.3 Å². The second-order valence-corrected chi connectivity index (χ2v) is 8.57. The van der Waals surface area contributed by atoms with Crippen molar-refractivity contribution in [1.29, 1.82) is 0 Å². The molecular formula is C18H24N4O2S. The molecule has 2 aliphatic heterocycles. The smallest absolute Gasteiger partial charge is 0.223 e. The molecule has 1 spiro atoms. The zero-order chi connectivity index (χ0) is 17.4. The fraction of sp³-hybridized carbons (Fsp3) is 0.611. The van der Waals surface area contributed by atoms with Crippen molar-refractivity contribution in [2.75, 3.05) is 44.3 Å². The molecule has 1 atom stereocenters. The number of hydrogen-bond acceptors (Lipinski definition) is 6. The van der Waals surface area contributed by atoms with Gasteiger partial charge in [0.2, 0.25) is 5.91 Å². The van der Waals surface area contributed by atoms with Crippen molar-refractivity contribution >= 4 is 33.3 Å². The molecule has 4 rings (SSSR count). The fourth-order valence-corrected chi connectivity index (χ4v) is 4.83. The van der Waals surface area contributed by atoms with E-state index in [2.05, 4.69) is 34.1 Å². The molecule has 2 aromatic rings. The SMILES string of the molecule is CC(C)CN1C[C@]2(COCCN(c3ncnc4ccsc34)C2)CC1=O. The first-order valence-corrected chi connectivity index (χ1v) is 9.73. The summed E-state index contributed by atoms with van der Waals surface area (Å²) in [5.74, 6) is 1.71. The Morgan fingerprint density at radius 1 is 1.36 bits per heavy atom. The van der Waals surface area contributed by atoms with Crippen LogP contribution in [0.25, 0.3) is 10.2 Å². The molecular weight excluding hydrogens is 336 g/mol. The minimum atomic E-state index is -0.142. The number of amides is 1. The van der Waals surface area contributed by atoms with Gasteiger partial charge in [-0.15, -0.1) is 11.3 Å². The number of carbonyl (C=O) groups excluding carboxylic acids is 1. The van der Waals surface area contributed by atoms with Gasteiger partial charge >= 0.3 is 0 Å². The number of carbonyl (C=O) groups is 1. The summed E-state index contributed by atoms with van der Waals surface area (Å²) in [7, 11) is 0. The lowest BCUT2D eigenvalue weighted by atomic mass is 9.87. The van der Waals surface area contributed by atoms with E-state index in [0.717, 1.165) is 42.2 Å². The summed E-state index contributed by atoms with van der Waals surface area (Å²) in [6.07, 6.45) is 2.20. The van der Waals surface area contributed by atoms with Crippen LogP contribution in [0.3, 0.4) is 0 Å². The molecule has 0 unspecified atom stereocenters. The highest BCUT2D eigenvalue weighted by atomic mass is 32.1. The van der Waals surface area contributed by atoms with Gasteiger partial charge in [-0.05, 0) is 17.4 Å². The molecule has 0 saturated carbocycles. The molecule has 2 aromatic heterocycles. The number of rotatable bonds is 3. The first-order valence-electron chi connectivity index (χ1n) is 8.85. The average molecular weight is 360 g/mol. The predicted molar refractivity (Wildman–Crippen MR) is 98.9 cm³/mol. The second-order valence-electron chi connectivity index (χ2n) is 7.65. The zero-order valence-electron chi connectivity index (χ0n) is 14.8. The number of fused-ring (bicyclic) bond motifs is 1. The number of hydrogen-bond donors (Lipinski definition) is 0. The lowest BCUT2D eigenvalue weighted by Crippen LogP contribution is -2.41. The fourth-order valence-electron chi connectivity index (χ4n) is 3.97. The van der Waals surface area contributed by atoms with Gasteiger partial charge in [-0.3, -0.25) is 4.79 Å². The van der Waals surface area contributed by atoms with Crippen LogP contribution in [0.5, 0.6) is 0 Å². The van der Waals surface area contributed by atoms with Gasteiger partial charge in [0.15, 0.2) is 0 Å². The summed E-state index contributed by atoms with van der Waals surface area (Å²) in [6, 6.07) is 2.03. The van der Waals surface area contributed by atoms with E-state index in [4.69, 9.17) is 4.74 Å². The maximum atomic E-state index is 12.5. The molecule has 25 heavy (non-hydrogen) atoms. The topological polar surface area (TPSA) is 58.6 Å². The highest BCUT2D eigenvalue weighted by Crippen LogP contribution is 2.37. The Morgan fingerprint density at radius 3 is 3.08 bits per heavy atom. The molecule has 0 aliphatic carbocycles. The number of likely N-dealkylation sites (tertiary alicyclic amines) is 1. The van der Waals surface area contributed by atoms with Gasteiger partial charge < -0.3 is 14.5 Å². The van der Waals surface area contributed by atoms with Crippen molar-refractivity contribution in [3.8, 4) is 0 Å². The molecule has 0 bridgehead atoms. The Balaban J connectivity index is 1.61. The third kappa shape index (κ3) is 3.22. The lowest BCUT2D eigenvalue weighted by molar-refractivity contribution is -0.128. The Kier molecular flexibility index (Phi) is 4.37. The van der Waals surface area contributed by atoms with E-state index >= 15 is 0 Å². The lowest BCUT2D eigenvalue weighted by Gasteiger charge is -2.32. The normalized spacial score (nSPS) is 24.7. The number of thiophene rings is 1. The summed E-state index contributed by atoms with van der Waals surface area (Å²) in [5.41, 5.74) is 0.843. The summed E-state index contributed by atoms with van der Waals surface area (Å²) in [4.78, 5) is 25.7. The van der Waals surface area contributed by atoms with Crippen LogP contribution >= 0.6 is 11.3 Å². The van der Waals surface area contributed by atoms with Gasteiger partial charge in [0.25, 0.3) is 0 Å². The first-order chi connectivity index (χ1) is 12.1. The van der Waals surface area contributed by atoms with Gasteiger partial charge in [0.05, 0.1) is 23.4 Å². The van der Waals surface area contributed by atoms with E-state index in [9.17, 15) is 4.79 Å². The average Bonchev–Trinajstić information content (AvgIpc) is 3.09. The van der Waals surface area contributed by atoms with Gasteiger partial charge in [0, 0.05) is 38.0 Å². The number of aromatic nitrogens is 2. The standard InChI is InChI=1S/C18H24N4O2S/c1-13(2)8-22-10-18(7-15(22)23)9-21(4-5-24-11-18)17-16-14(3-6-25-16)19-12-20-17/h3,6,12-13H,4-5,7-11H2,1-2H3/t18-/m0/s1. The highest BCUT2D eigenvalue weighted by Gasteiger charge is 2.46. The van der Waals surface area contributed by atoms with E-state index < -0.39 is 0 Å². The molecule has 7 heteroatoms. The molecule has 6 nitrogen and oxygen atoms in total. The Hall–Kier alpha value is -1.73. The van der Waals surface area contributed by atoms with Crippen LogP contribution in [0.4, 0.5) is 5.82 Å². The van der Waals surface area contributed by atoms with Crippen LogP contribution in [-0.4, -0.2) is 60.2 Å². The van der Waals surface area contributed by atoms with Crippen molar-refractivity contribution < 1.29 is 9.53 Å². The monoisotopic (exact) mass is 360 g/mol. The van der Waals surface area contributed by atoms with Crippen LogP contribution in [0, 0.1) is 11.3 Å². The van der Waals surface area contributed by atoms with Crippen LogP contribution in [0.15, 0.2) is 17.8 Å². The van der Waals surface area contributed by atoms with Crippen molar-refractivity contribution in [3.63, 3.8) is 0 Å². The maximum absolute atomic E-state index is 12.5. The Morgan fingerprint density at radius 2 is 2.24 bits per heavy atom. The minimum Gasteiger partial charge on any atom is -0.379 e. The Labute approximate surface area is 151 Å². The van der Waals surface area contributed by atoms with Crippen molar-refractivity contribution in [1.82, 2.24) is 14.9 Å². The minimum absolute atomic E-state index is 0.142. The first kappa shape index (κ1) is 16.7. The van der Waals surface area contributed by atoms with Crippen molar-refractivity contribution in [2.24, 2.45) is 11.3 Å². The zero-order valence-corrected chi connectivity index (χ0v) is 15.6. The predicted octanol–water partition coefficient (Wildman–Crippen LogP) is 2.40. The largest absolute Gasteiger partial charge is 0.379 e. The van der Waals surface area contributed by atoms with Crippen LogP contribution in [0.1, 0.15) is 20.3 Å². The molecule has 0 N–H and O–H groups in total.